The van der Waals surface area contributed by atoms with E-state index < -0.39 is 0 Å². The lowest BCUT2D eigenvalue weighted by Crippen LogP contribution is -1.97. The molecule has 0 aliphatic rings. The van der Waals surface area contributed by atoms with E-state index in [-0.39, 0.29) is 5.48 Å². The third kappa shape index (κ3) is 13.2. The fraction of sp³-hybridized carbons (Fsp3) is 0.625. The topological polar surface area (TPSA) is 57.5 Å². The van der Waals surface area contributed by atoms with Gasteiger partial charge in [0, 0.05) is 0 Å². The highest BCUT2D eigenvalue weighted by Gasteiger charge is 1.85. The van der Waals surface area contributed by atoms with Crippen LogP contribution in [0, 0.1) is 13.8 Å². The smallest absolute Gasteiger partial charge is 0.00773 e. The molecule has 0 aliphatic heterocycles. The summed E-state index contributed by atoms with van der Waals surface area (Å²) in [4.78, 5) is 0. The van der Waals surface area contributed by atoms with Crippen molar-refractivity contribution in [2.75, 3.05) is 6.54 Å². The fourth-order valence-electron chi connectivity index (χ4n) is 1.56. The van der Waals surface area contributed by atoms with Crippen LogP contribution in [-0.4, -0.2) is 12.0 Å². The molecule has 0 radical (unpaired) electrons. The molecule has 0 spiro atoms. The summed E-state index contributed by atoms with van der Waals surface area (Å²) in [5.74, 6) is 0. The van der Waals surface area contributed by atoms with Crippen LogP contribution in [0.1, 0.15) is 56.6 Å². The average Bonchev–Trinajstić information content (AvgIpc) is 2.34. The second-order valence-electron chi connectivity index (χ2n) is 4.71. The Kier molecular flexibility index (Phi) is 15.4. The molecule has 0 amide bonds. The Balaban J connectivity index is 0. The molecular formula is C16H31NO. The minimum atomic E-state index is 0. The van der Waals surface area contributed by atoms with Crippen LogP contribution >= 0.6 is 0 Å². The van der Waals surface area contributed by atoms with Crippen LogP contribution < -0.4 is 5.73 Å². The van der Waals surface area contributed by atoms with Gasteiger partial charge in [-0.1, -0.05) is 74.4 Å². The number of unbranched alkanes of at least 4 members (excludes halogenated alkanes) is 5. The van der Waals surface area contributed by atoms with Gasteiger partial charge < -0.3 is 11.2 Å². The quantitative estimate of drug-likeness (QED) is 0.770. The Morgan fingerprint density at radius 2 is 1.17 bits per heavy atom. The molecule has 18 heavy (non-hydrogen) atoms. The van der Waals surface area contributed by atoms with Crippen LogP contribution in [0.5, 0.6) is 0 Å². The zero-order chi connectivity index (χ0) is 12.9. The molecule has 0 saturated heterocycles. The first-order chi connectivity index (χ1) is 8.20. The number of nitrogens with two attached hydrogens (primary N) is 1. The van der Waals surface area contributed by atoms with E-state index in [1.165, 1.54) is 49.7 Å². The van der Waals surface area contributed by atoms with Crippen molar-refractivity contribution in [3.8, 4) is 0 Å². The van der Waals surface area contributed by atoms with Gasteiger partial charge in [-0.05, 0) is 26.8 Å². The summed E-state index contributed by atoms with van der Waals surface area (Å²) in [6.45, 7) is 7.30. The van der Waals surface area contributed by atoms with Gasteiger partial charge in [0.1, 0.15) is 0 Å². The van der Waals surface area contributed by atoms with Gasteiger partial charge in [0.25, 0.3) is 0 Å². The molecule has 0 saturated carbocycles. The molecule has 0 atom stereocenters. The highest BCUT2D eigenvalue weighted by molar-refractivity contribution is 5.19. The standard InChI is InChI=1S/C8H19N.C8H10.H2O/c1-2-3-4-5-6-7-8-9;1-7-3-5-8(2)6-4-7;/h2-9H2,1H3;3-6H,1-2H3;1H2. The summed E-state index contributed by atoms with van der Waals surface area (Å²) in [6.07, 6.45) is 8.05. The van der Waals surface area contributed by atoms with Crippen LogP contribution in [0.2, 0.25) is 0 Å². The molecular weight excluding hydrogens is 222 g/mol. The van der Waals surface area contributed by atoms with Crippen molar-refractivity contribution >= 4 is 0 Å². The predicted molar refractivity (Wildman–Crippen MR) is 82.0 cm³/mol. The van der Waals surface area contributed by atoms with Crippen molar-refractivity contribution < 1.29 is 5.48 Å². The van der Waals surface area contributed by atoms with Gasteiger partial charge >= 0.3 is 0 Å². The third-order valence-corrected chi connectivity index (χ3v) is 2.78. The van der Waals surface area contributed by atoms with E-state index in [2.05, 4.69) is 45.0 Å². The molecule has 0 aliphatic carbocycles. The number of aryl methyl sites for hydroxylation is 2. The minimum absolute atomic E-state index is 0. The molecule has 2 heteroatoms. The van der Waals surface area contributed by atoms with E-state index in [0.29, 0.717) is 0 Å². The van der Waals surface area contributed by atoms with Gasteiger partial charge in [-0.15, -0.1) is 0 Å². The number of hydrogen-bond acceptors (Lipinski definition) is 1. The zero-order valence-corrected chi connectivity index (χ0v) is 12.3. The van der Waals surface area contributed by atoms with E-state index in [1.807, 2.05) is 0 Å². The van der Waals surface area contributed by atoms with Gasteiger partial charge in [-0.2, -0.15) is 0 Å². The molecule has 106 valence electrons. The molecule has 0 aromatic heterocycles. The Hall–Kier alpha value is -0.860. The Morgan fingerprint density at radius 1 is 0.778 bits per heavy atom. The van der Waals surface area contributed by atoms with Crippen molar-refractivity contribution in [3.63, 3.8) is 0 Å². The number of rotatable bonds is 6. The van der Waals surface area contributed by atoms with Gasteiger partial charge in [0.2, 0.25) is 0 Å². The van der Waals surface area contributed by atoms with Gasteiger partial charge in [0.15, 0.2) is 0 Å². The molecule has 1 rings (SSSR count). The summed E-state index contributed by atoms with van der Waals surface area (Å²) in [6, 6.07) is 8.48. The van der Waals surface area contributed by atoms with Crippen LogP contribution in [0.4, 0.5) is 0 Å². The van der Waals surface area contributed by atoms with Crippen molar-refractivity contribution in [1.82, 2.24) is 0 Å². The molecule has 0 fully saturated rings. The van der Waals surface area contributed by atoms with Gasteiger partial charge in [-0.25, -0.2) is 0 Å². The van der Waals surface area contributed by atoms with Crippen molar-refractivity contribution in [2.45, 2.75) is 59.3 Å². The molecule has 4 N–H and O–H groups in total. The first-order valence-electron chi connectivity index (χ1n) is 6.94. The maximum Gasteiger partial charge on any atom is -0.00773 e. The molecule has 0 unspecified atom stereocenters. The first-order valence-corrected chi connectivity index (χ1v) is 6.94. The van der Waals surface area contributed by atoms with Crippen molar-refractivity contribution in [1.29, 1.82) is 0 Å². The fourth-order valence-corrected chi connectivity index (χ4v) is 1.56. The summed E-state index contributed by atoms with van der Waals surface area (Å²) in [7, 11) is 0. The Morgan fingerprint density at radius 3 is 1.56 bits per heavy atom. The van der Waals surface area contributed by atoms with Crippen molar-refractivity contribution in [2.24, 2.45) is 5.73 Å². The van der Waals surface area contributed by atoms with Gasteiger partial charge in [-0.3, -0.25) is 0 Å². The molecule has 0 heterocycles. The summed E-state index contributed by atoms with van der Waals surface area (Å²) >= 11 is 0. The maximum absolute atomic E-state index is 5.34. The van der Waals surface area contributed by atoms with Crippen LogP contribution in [0.3, 0.4) is 0 Å². The summed E-state index contributed by atoms with van der Waals surface area (Å²) < 4.78 is 0. The number of hydrogen-bond donors (Lipinski definition) is 1. The first kappa shape index (κ1) is 19.5. The molecule has 1 aromatic rings. The van der Waals surface area contributed by atoms with Gasteiger partial charge in [0.05, 0.1) is 0 Å². The van der Waals surface area contributed by atoms with E-state index in [4.69, 9.17) is 5.73 Å². The van der Waals surface area contributed by atoms with E-state index in [0.717, 1.165) is 6.54 Å². The SMILES string of the molecule is CCCCCCCCN.Cc1ccc(C)cc1.O. The summed E-state index contributed by atoms with van der Waals surface area (Å²) in [5, 5.41) is 0. The van der Waals surface area contributed by atoms with Crippen LogP contribution in [0.25, 0.3) is 0 Å². The number of benzene rings is 1. The van der Waals surface area contributed by atoms with Crippen molar-refractivity contribution in [3.05, 3.63) is 35.4 Å². The second-order valence-corrected chi connectivity index (χ2v) is 4.71. The average molecular weight is 253 g/mol. The van der Waals surface area contributed by atoms with Crippen LogP contribution in [-0.2, 0) is 0 Å². The third-order valence-electron chi connectivity index (χ3n) is 2.78. The van der Waals surface area contributed by atoms with E-state index >= 15 is 0 Å². The monoisotopic (exact) mass is 253 g/mol. The lowest BCUT2D eigenvalue weighted by atomic mass is 10.1. The molecule has 0 bridgehead atoms. The lowest BCUT2D eigenvalue weighted by molar-refractivity contribution is 0.612. The van der Waals surface area contributed by atoms with Crippen LogP contribution in [0.15, 0.2) is 24.3 Å². The van der Waals surface area contributed by atoms with E-state index in [9.17, 15) is 0 Å². The summed E-state index contributed by atoms with van der Waals surface area (Å²) in [5.41, 5.74) is 8.00. The Bertz CT molecular complexity index is 229. The normalized spacial score (nSPS) is 9.11. The zero-order valence-electron chi connectivity index (χ0n) is 12.3. The lowest BCUT2D eigenvalue weighted by Gasteiger charge is -1.96. The molecule has 1 aromatic carbocycles. The van der Waals surface area contributed by atoms with E-state index in [1.54, 1.807) is 0 Å². The predicted octanol–water partition coefficient (Wildman–Crippen LogP) is 3.78. The Labute approximate surface area is 113 Å². The highest BCUT2D eigenvalue weighted by Crippen LogP contribution is 2.03. The largest absolute Gasteiger partial charge is 0.412 e. The second kappa shape index (κ2) is 14.2. The minimum Gasteiger partial charge on any atom is -0.412 e. The molecule has 2 nitrogen and oxygen atoms in total. The maximum atomic E-state index is 5.34. The highest BCUT2D eigenvalue weighted by atomic mass is 16.0.